The molecule has 1 aromatic heterocycles. The van der Waals surface area contributed by atoms with Crippen molar-refractivity contribution < 1.29 is 9.53 Å². The van der Waals surface area contributed by atoms with E-state index in [0.29, 0.717) is 5.13 Å². The second kappa shape index (κ2) is 6.26. The standard InChI is InChI=1S/C16H19N3O2S.ClH/c1-21-10-2-3-12-13(8-10)22-15(18-12)19-14(20)11-9-16(11)4-6-17-7-5-16;/h2-3,8,11,17H,4-7,9H2,1H3,(H,18,19,20);1H. The molecule has 1 saturated heterocycles. The number of hydrogen-bond acceptors (Lipinski definition) is 5. The van der Waals surface area contributed by atoms with Crippen LogP contribution in [0.2, 0.25) is 0 Å². The third kappa shape index (κ3) is 3.03. The van der Waals surface area contributed by atoms with E-state index in [2.05, 4.69) is 15.6 Å². The van der Waals surface area contributed by atoms with Gasteiger partial charge >= 0.3 is 0 Å². The summed E-state index contributed by atoms with van der Waals surface area (Å²) in [5.74, 6) is 1.11. The average molecular weight is 354 g/mol. The summed E-state index contributed by atoms with van der Waals surface area (Å²) < 4.78 is 6.25. The SMILES string of the molecule is COc1ccc2nc(NC(=O)C3CC34CCNCC4)sc2c1.Cl. The van der Waals surface area contributed by atoms with Gasteiger partial charge in [0.15, 0.2) is 5.13 Å². The highest BCUT2D eigenvalue weighted by Crippen LogP contribution is 2.58. The lowest BCUT2D eigenvalue weighted by atomic mass is 9.92. The van der Waals surface area contributed by atoms with Gasteiger partial charge in [0, 0.05) is 5.92 Å². The lowest BCUT2D eigenvalue weighted by Gasteiger charge is -2.22. The number of nitrogens with one attached hydrogen (secondary N) is 2. The number of benzene rings is 1. The molecular formula is C16H20ClN3O2S. The maximum absolute atomic E-state index is 12.5. The third-order valence-corrected chi connectivity index (χ3v) is 5.86. The molecule has 124 valence electrons. The molecule has 5 nitrogen and oxygen atoms in total. The molecule has 1 atom stereocenters. The van der Waals surface area contributed by atoms with Crippen LogP contribution < -0.4 is 15.4 Å². The van der Waals surface area contributed by atoms with Gasteiger partial charge in [-0.2, -0.15) is 0 Å². The highest BCUT2D eigenvalue weighted by atomic mass is 35.5. The normalized spacial score (nSPS) is 21.7. The smallest absolute Gasteiger partial charge is 0.229 e. The summed E-state index contributed by atoms with van der Waals surface area (Å²) in [4.78, 5) is 16.9. The van der Waals surface area contributed by atoms with Crippen LogP contribution in [0.1, 0.15) is 19.3 Å². The van der Waals surface area contributed by atoms with Crippen LogP contribution >= 0.6 is 23.7 Å². The van der Waals surface area contributed by atoms with Crippen LogP contribution in [-0.2, 0) is 4.79 Å². The zero-order valence-electron chi connectivity index (χ0n) is 12.9. The number of fused-ring (bicyclic) bond motifs is 1. The zero-order chi connectivity index (χ0) is 15.2. The molecule has 1 unspecified atom stereocenters. The van der Waals surface area contributed by atoms with Gasteiger partial charge in [0.25, 0.3) is 0 Å². The molecule has 4 rings (SSSR count). The summed E-state index contributed by atoms with van der Waals surface area (Å²) in [7, 11) is 1.65. The molecule has 2 N–H and O–H groups in total. The van der Waals surface area contributed by atoms with Crippen molar-refractivity contribution in [1.29, 1.82) is 0 Å². The van der Waals surface area contributed by atoms with E-state index in [-0.39, 0.29) is 29.6 Å². The van der Waals surface area contributed by atoms with E-state index in [9.17, 15) is 4.79 Å². The Morgan fingerprint density at radius 3 is 2.96 bits per heavy atom. The van der Waals surface area contributed by atoms with Crippen molar-refractivity contribution in [2.75, 3.05) is 25.5 Å². The number of nitrogens with zero attached hydrogens (tertiary/aromatic N) is 1. The third-order valence-electron chi connectivity index (χ3n) is 4.93. The minimum Gasteiger partial charge on any atom is -0.497 e. The van der Waals surface area contributed by atoms with E-state index < -0.39 is 0 Å². The Morgan fingerprint density at radius 1 is 1.43 bits per heavy atom. The molecule has 2 fully saturated rings. The first-order valence-electron chi connectivity index (χ1n) is 7.66. The van der Waals surface area contributed by atoms with Crippen molar-refractivity contribution in [3.05, 3.63) is 18.2 Å². The number of anilines is 1. The maximum atomic E-state index is 12.5. The molecule has 2 aliphatic rings. The van der Waals surface area contributed by atoms with Crippen molar-refractivity contribution in [2.45, 2.75) is 19.3 Å². The van der Waals surface area contributed by atoms with E-state index in [1.165, 1.54) is 11.3 Å². The van der Waals surface area contributed by atoms with E-state index in [4.69, 9.17) is 4.74 Å². The highest BCUT2D eigenvalue weighted by Gasteiger charge is 2.57. The Morgan fingerprint density at radius 2 is 2.22 bits per heavy atom. The number of amides is 1. The number of methoxy groups -OCH3 is 1. The van der Waals surface area contributed by atoms with Crippen LogP contribution in [0.5, 0.6) is 5.75 Å². The van der Waals surface area contributed by atoms with E-state index in [1.807, 2.05) is 18.2 Å². The molecule has 2 aromatic rings. The number of halogens is 1. The van der Waals surface area contributed by atoms with Crippen LogP contribution in [0.3, 0.4) is 0 Å². The van der Waals surface area contributed by atoms with E-state index >= 15 is 0 Å². The Labute approximate surface area is 145 Å². The zero-order valence-corrected chi connectivity index (χ0v) is 14.6. The quantitative estimate of drug-likeness (QED) is 0.890. The average Bonchev–Trinajstić information content (AvgIpc) is 3.07. The predicted molar refractivity (Wildman–Crippen MR) is 94.7 cm³/mol. The van der Waals surface area contributed by atoms with Crippen molar-refractivity contribution >= 4 is 45.0 Å². The fourth-order valence-corrected chi connectivity index (χ4v) is 4.37. The van der Waals surface area contributed by atoms with Crippen LogP contribution in [-0.4, -0.2) is 31.1 Å². The number of thiazole rings is 1. The number of carbonyl (C=O) groups excluding carboxylic acids is 1. The first-order valence-corrected chi connectivity index (χ1v) is 8.48. The Bertz CT molecular complexity index is 727. The Hall–Kier alpha value is -1.37. The molecule has 1 spiro atoms. The van der Waals surface area contributed by atoms with E-state index in [1.54, 1.807) is 7.11 Å². The minimum absolute atomic E-state index is 0. The van der Waals surface area contributed by atoms with E-state index in [0.717, 1.165) is 48.3 Å². The van der Waals surface area contributed by atoms with Gasteiger partial charge in [0.1, 0.15) is 5.75 Å². The summed E-state index contributed by atoms with van der Waals surface area (Å²) >= 11 is 1.50. The summed E-state index contributed by atoms with van der Waals surface area (Å²) in [6.07, 6.45) is 3.25. The van der Waals surface area contributed by atoms with Crippen LogP contribution in [0, 0.1) is 11.3 Å². The van der Waals surface area contributed by atoms with Crippen molar-refractivity contribution in [1.82, 2.24) is 10.3 Å². The number of aromatic nitrogens is 1. The molecule has 1 aliphatic carbocycles. The second-order valence-electron chi connectivity index (χ2n) is 6.21. The van der Waals surface area contributed by atoms with Gasteiger partial charge in [0.05, 0.1) is 17.3 Å². The largest absolute Gasteiger partial charge is 0.497 e. The Kier molecular flexibility index (Phi) is 4.49. The van der Waals surface area contributed by atoms with Gasteiger partial charge in [-0.1, -0.05) is 11.3 Å². The Balaban J connectivity index is 0.00000156. The molecule has 1 saturated carbocycles. The molecule has 0 bridgehead atoms. The van der Waals surface area contributed by atoms with Crippen LogP contribution in [0.15, 0.2) is 18.2 Å². The fourth-order valence-electron chi connectivity index (χ4n) is 3.47. The van der Waals surface area contributed by atoms with Crippen molar-refractivity contribution in [2.24, 2.45) is 11.3 Å². The molecule has 1 amide bonds. The molecule has 0 radical (unpaired) electrons. The minimum atomic E-state index is 0. The summed E-state index contributed by atoms with van der Waals surface area (Å²) in [6.45, 7) is 2.06. The fraction of sp³-hybridized carbons (Fsp3) is 0.500. The van der Waals surface area contributed by atoms with Gasteiger partial charge < -0.3 is 15.4 Å². The van der Waals surface area contributed by atoms with Crippen molar-refractivity contribution in [3.63, 3.8) is 0 Å². The van der Waals surface area contributed by atoms with Gasteiger partial charge in [-0.15, -0.1) is 12.4 Å². The first kappa shape index (κ1) is 16.5. The molecule has 7 heteroatoms. The number of ether oxygens (including phenoxy) is 1. The molecule has 2 heterocycles. The second-order valence-corrected chi connectivity index (χ2v) is 7.24. The van der Waals surface area contributed by atoms with Gasteiger partial charge in [-0.3, -0.25) is 4.79 Å². The number of carbonyl (C=O) groups is 1. The van der Waals surface area contributed by atoms with Crippen molar-refractivity contribution in [3.8, 4) is 5.75 Å². The topological polar surface area (TPSA) is 63.2 Å². The van der Waals surface area contributed by atoms with Gasteiger partial charge in [-0.25, -0.2) is 4.98 Å². The monoisotopic (exact) mass is 353 g/mol. The highest BCUT2D eigenvalue weighted by molar-refractivity contribution is 7.22. The molecule has 1 aliphatic heterocycles. The molecular weight excluding hydrogens is 334 g/mol. The van der Waals surface area contributed by atoms with Gasteiger partial charge in [-0.05, 0) is 56.0 Å². The first-order chi connectivity index (χ1) is 10.7. The van der Waals surface area contributed by atoms with Crippen LogP contribution in [0.4, 0.5) is 5.13 Å². The number of hydrogen-bond donors (Lipinski definition) is 2. The predicted octanol–water partition coefficient (Wildman–Crippen LogP) is 3.05. The van der Waals surface area contributed by atoms with Crippen LogP contribution in [0.25, 0.3) is 10.2 Å². The van der Waals surface area contributed by atoms with Gasteiger partial charge in [0.2, 0.25) is 5.91 Å². The molecule has 1 aromatic carbocycles. The summed E-state index contributed by atoms with van der Waals surface area (Å²) in [6, 6.07) is 5.76. The maximum Gasteiger partial charge on any atom is 0.229 e. The number of rotatable bonds is 3. The lowest BCUT2D eigenvalue weighted by Crippen LogP contribution is -2.31. The summed E-state index contributed by atoms with van der Waals surface area (Å²) in [5, 5.41) is 7.06. The summed E-state index contributed by atoms with van der Waals surface area (Å²) in [5.41, 5.74) is 1.16. The number of piperidine rings is 1. The lowest BCUT2D eigenvalue weighted by molar-refractivity contribution is -0.118. The molecule has 23 heavy (non-hydrogen) atoms.